The lowest BCUT2D eigenvalue weighted by atomic mass is 10.1. The van der Waals surface area contributed by atoms with E-state index in [9.17, 15) is 9.59 Å². The quantitative estimate of drug-likeness (QED) is 0.486. The molecule has 0 spiro atoms. The Morgan fingerprint density at radius 1 is 1.09 bits per heavy atom. The topological polar surface area (TPSA) is 119 Å². The third kappa shape index (κ3) is 4.10. The van der Waals surface area contributed by atoms with Crippen LogP contribution in [0.3, 0.4) is 0 Å². The van der Waals surface area contributed by atoms with Gasteiger partial charge in [0.05, 0.1) is 19.1 Å². The Hall–Kier alpha value is -4.34. The summed E-state index contributed by atoms with van der Waals surface area (Å²) in [6.07, 6.45) is 0. The number of amides is 2. The zero-order valence-electron chi connectivity index (χ0n) is 17.9. The molecule has 0 aliphatic carbocycles. The van der Waals surface area contributed by atoms with E-state index >= 15 is 0 Å². The molecule has 0 saturated heterocycles. The van der Waals surface area contributed by atoms with Crippen molar-refractivity contribution in [2.24, 2.45) is 0 Å². The van der Waals surface area contributed by atoms with Crippen LogP contribution in [0.2, 0.25) is 0 Å². The molecule has 3 heterocycles. The molecule has 2 amide bonds. The van der Waals surface area contributed by atoms with Crippen LogP contribution in [0.5, 0.6) is 0 Å². The van der Waals surface area contributed by atoms with Crippen molar-refractivity contribution in [3.05, 3.63) is 71.9 Å². The van der Waals surface area contributed by atoms with E-state index in [1.165, 1.54) is 9.58 Å². The molecular formula is C23H21N7O3. The van der Waals surface area contributed by atoms with Crippen LogP contribution in [-0.4, -0.2) is 54.9 Å². The molecule has 10 heteroatoms. The summed E-state index contributed by atoms with van der Waals surface area (Å²) < 4.78 is 6.87. The van der Waals surface area contributed by atoms with Crippen LogP contribution in [0, 0.1) is 0 Å². The van der Waals surface area contributed by atoms with Crippen molar-refractivity contribution in [1.82, 2.24) is 35.4 Å². The largest absolute Gasteiger partial charge is 0.348 e. The first-order valence-electron chi connectivity index (χ1n) is 10.6. The minimum Gasteiger partial charge on any atom is -0.348 e. The zero-order valence-corrected chi connectivity index (χ0v) is 17.9. The van der Waals surface area contributed by atoms with Gasteiger partial charge in [-0.25, -0.2) is 4.68 Å². The fraction of sp³-hybridized carbons (Fsp3) is 0.217. The third-order valence-corrected chi connectivity index (χ3v) is 5.48. The maximum atomic E-state index is 13.2. The molecule has 0 saturated carbocycles. The highest BCUT2D eigenvalue weighted by atomic mass is 16.5. The van der Waals surface area contributed by atoms with Gasteiger partial charge in [0.2, 0.25) is 11.7 Å². The van der Waals surface area contributed by atoms with Gasteiger partial charge in [0.1, 0.15) is 0 Å². The molecule has 5 rings (SSSR count). The monoisotopic (exact) mass is 443 g/mol. The Morgan fingerprint density at radius 2 is 1.82 bits per heavy atom. The van der Waals surface area contributed by atoms with Crippen LogP contribution in [0.25, 0.3) is 23.0 Å². The minimum atomic E-state index is -0.358. The number of hydrogen-bond donors (Lipinski definition) is 1. The predicted octanol–water partition coefficient (Wildman–Crippen LogP) is 2.33. The Morgan fingerprint density at radius 3 is 2.58 bits per heavy atom. The number of nitrogens with one attached hydrogen (secondary N) is 1. The molecule has 0 radical (unpaired) electrons. The lowest BCUT2D eigenvalue weighted by Gasteiger charge is -2.27. The van der Waals surface area contributed by atoms with Crippen molar-refractivity contribution in [3.63, 3.8) is 0 Å². The molecular weight excluding hydrogens is 422 g/mol. The first kappa shape index (κ1) is 20.6. The van der Waals surface area contributed by atoms with E-state index in [-0.39, 0.29) is 41.7 Å². The molecule has 0 fully saturated rings. The van der Waals surface area contributed by atoms with Crippen molar-refractivity contribution in [1.29, 1.82) is 0 Å². The van der Waals surface area contributed by atoms with Crippen LogP contribution in [0.1, 0.15) is 29.0 Å². The van der Waals surface area contributed by atoms with Crippen LogP contribution in [-0.2, 0) is 11.3 Å². The van der Waals surface area contributed by atoms with Gasteiger partial charge >= 0.3 is 0 Å². The Kier molecular flexibility index (Phi) is 5.39. The van der Waals surface area contributed by atoms with Crippen molar-refractivity contribution in [2.45, 2.75) is 19.5 Å². The highest BCUT2D eigenvalue weighted by molar-refractivity contribution is 5.99. The second-order valence-electron chi connectivity index (χ2n) is 7.73. The average molecular weight is 443 g/mol. The molecule has 1 N–H and O–H groups in total. The maximum Gasteiger partial charge on any atom is 0.281 e. The summed E-state index contributed by atoms with van der Waals surface area (Å²) in [7, 11) is 0. The van der Waals surface area contributed by atoms with Crippen LogP contribution in [0.4, 0.5) is 0 Å². The molecule has 1 aliphatic heterocycles. The van der Waals surface area contributed by atoms with Gasteiger partial charge in [0.25, 0.3) is 11.8 Å². The number of hydrogen-bond acceptors (Lipinski definition) is 7. The minimum absolute atomic E-state index is 0.0697. The predicted molar refractivity (Wildman–Crippen MR) is 118 cm³/mol. The number of rotatable bonds is 6. The molecule has 4 aromatic rings. The van der Waals surface area contributed by atoms with Crippen molar-refractivity contribution >= 4 is 11.8 Å². The Bertz CT molecular complexity index is 1280. The molecule has 1 atom stereocenters. The Balaban J connectivity index is 1.32. The van der Waals surface area contributed by atoms with E-state index in [0.717, 1.165) is 11.1 Å². The van der Waals surface area contributed by atoms with Crippen LogP contribution < -0.4 is 5.32 Å². The number of nitrogens with zero attached hydrogens (tertiary/aromatic N) is 6. The highest BCUT2D eigenvalue weighted by Crippen LogP contribution is 2.26. The summed E-state index contributed by atoms with van der Waals surface area (Å²) >= 11 is 0. The first-order chi connectivity index (χ1) is 16.1. The number of fused-ring (bicyclic) bond motifs is 1. The smallest absolute Gasteiger partial charge is 0.281 e. The van der Waals surface area contributed by atoms with Gasteiger partial charge in [-0.3, -0.25) is 9.59 Å². The van der Waals surface area contributed by atoms with Gasteiger partial charge < -0.3 is 14.7 Å². The van der Waals surface area contributed by atoms with Gasteiger partial charge in [0, 0.05) is 12.1 Å². The standard InChI is InChI=1S/C23H21N7O3/c1-15(16-8-4-2-5-9-16)24-18(31)14-29-12-13-30-20(23(29)32)19(26-28-30)22-25-21(27-33-22)17-10-6-3-7-11-17/h2-11,15H,12-14H2,1H3,(H,24,31)/t15-/m1/s1. The lowest BCUT2D eigenvalue weighted by molar-refractivity contribution is -0.122. The highest BCUT2D eigenvalue weighted by Gasteiger charge is 2.33. The number of carbonyl (C=O) groups is 2. The molecule has 0 unspecified atom stereocenters. The lowest BCUT2D eigenvalue weighted by Crippen LogP contribution is -2.46. The van der Waals surface area contributed by atoms with Crippen LogP contribution >= 0.6 is 0 Å². The fourth-order valence-corrected chi connectivity index (χ4v) is 3.75. The summed E-state index contributed by atoms with van der Waals surface area (Å²) in [5.74, 6) is -0.108. The number of carbonyl (C=O) groups excluding carboxylic acids is 2. The van der Waals surface area contributed by atoms with Crippen molar-refractivity contribution in [3.8, 4) is 23.0 Å². The van der Waals surface area contributed by atoms with Gasteiger partial charge in [-0.15, -0.1) is 5.10 Å². The molecule has 10 nitrogen and oxygen atoms in total. The number of aromatic nitrogens is 5. The number of benzene rings is 2. The van der Waals surface area contributed by atoms with Crippen molar-refractivity contribution in [2.75, 3.05) is 13.1 Å². The van der Waals surface area contributed by atoms with E-state index < -0.39 is 0 Å². The van der Waals surface area contributed by atoms with Gasteiger partial charge in [-0.2, -0.15) is 4.98 Å². The average Bonchev–Trinajstić information content (AvgIpc) is 3.50. The molecule has 2 aromatic carbocycles. The van der Waals surface area contributed by atoms with E-state index in [2.05, 4.69) is 25.8 Å². The Labute approximate surface area is 189 Å². The summed E-state index contributed by atoms with van der Waals surface area (Å²) in [5, 5.41) is 15.1. The first-order valence-corrected chi connectivity index (χ1v) is 10.6. The normalized spacial score (nSPS) is 14.1. The van der Waals surface area contributed by atoms with Crippen LogP contribution in [0.15, 0.2) is 65.2 Å². The van der Waals surface area contributed by atoms with Gasteiger partial charge in [-0.1, -0.05) is 71.0 Å². The van der Waals surface area contributed by atoms with E-state index in [1.807, 2.05) is 67.6 Å². The summed E-state index contributed by atoms with van der Waals surface area (Å²) in [5.41, 5.74) is 2.21. The third-order valence-electron chi connectivity index (χ3n) is 5.48. The molecule has 2 aromatic heterocycles. The SMILES string of the molecule is C[C@@H](NC(=O)CN1CCn2nnc(-c3nc(-c4ccccc4)no3)c2C1=O)c1ccccc1. The fourth-order valence-electron chi connectivity index (χ4n) is 3.75. The van der Waals surface area contributed by atoms with Crippen molar-refractivity contribution < 1.29 is 14.1 Å². The van der Waals surface area contributed by atoms with Gasteiger partial charge in [-0.05, 0) is 12.5 Å². The summed E-state index contributed by atoms with van der Waals surface area (Å²) in [4.78, 5) is 31.7. The molecule has 1 aliphatic rings. The summed E-state index contributed by atoms with van der Waals surface area (Å²) in [6.45, 7) is 2.60. The molecule has 0 bridgehead atoms. The van der Waals surface area contributed by atoms with E-state index in [4.69, 9.17) is 4.52 Å². The van der Waals surface area contributed by atoms with E-state index in [1.54, 1.807) is 0 Å². The van der Waals surface area contributed by atoms with Gasteiger partial charge in [0.15, 0.2) is 11.4 Å². The second-order valence-corrected chi connectivity index (χ2v) is 7.73. The molecule has 166 valence electrons. The maximum absolute atomic E-state index is 13.2. The summed E-state index contributed by atoms with van der Waals surface area (Å²) in [6, 6.07) is 18.8. The second kappa shape index (κ2) is 8.65. The molecule has 33 heavy (non-hydrogen) atoms. The van der Waals surface area contributed by atoms with E-state index in [0.29, 0.717) is 18.9 Å². The zero-order chi connectivity index (χ0) is 22.8.